The number of hydrogen-bond donors (Lipinski definition) is 0. The smallest absolute Gasteiger partial charge is 0.196 e. The van der Waals surface area contributed by atoms with Crippen LogP contribution in [0.25, 0.3) is 10.4 Å². The number of carbonyl (C=O) groups is 2. The standard InChI is InChI=1S/C14H6ClN3O2/c15-9-5-6-10(17-18-16)12-11(9)13(19)7-3-1-2-4-8(7)14(12)20/h1-6H. The minimum absolute atomic E-state index is 0.0685. The fraction of sp³-hybridized carbons (Fsp3) is 0. The van der Waals surface area contributed by atoms with E-state index in [9.17, 15) is 9.59 Å². The van der Waals surface area contributed by atoms with Gasteiger partial charge in [0.1, 0.15) is 0 Å². The van der Waals surface area contributed by atoms with Crippen molar-refractivity contribution in [3.05, 3.63) is 74.1 Å². The lowest BCUT2D eigenvalue weighted by Gasteiger charge is -2.19. The molecule has 0 heterocycles. The molecule has 2 aromatic carbocycles. The molecule has 0 bridgehead atoms. The second kappa shape index (κ2) is 4.49. The van der Waals surface area contributed by atoms with Gasteiger partial charge in [0.15, 0.2) is 11.6 Å². The molecule has 5 nitrogen and oxygen atoms in total. The number of halogens is 1. The van der Waals surface area contributed by atoms with Crippen molar-refractivity contribution in [2.24, 2.45) is 5.11 Å². The summed E-state index contributed by atoms with van der Waals surface area (Å²) >= 11 is 6.03. The zero-order valence-corrected chi connectivity index (χ0v) is 10.8. The molecule has 0 N–H and O–H groups in total. The Kier molecular flexibility index (Phi) is 2.79. The monoisotopic (exact) mass is 283 g/mol. The summed E-state index contributed by atoms with van der Waals surface area (Å²) in [6.45, 7) is 0. The zero-order chi connectivity index (χ0) is 14.3. The maximum absolute atomic E-state index is 12.5. The summed E-state index contributed by atoms with van der Waals surface area (Å²) in [5.74, 6) is -0.699. The fourth-order valence-corrected chi connectivity index (χ4v) is 2.54. The third-order valence-corrected chi connectivity index (χ3v) is 3.47. The first-order valence-corrected chi connectivity index (χ1v) is 6.09. The Balaban J connectivity index is 2.41. The van der Waals surface area contributed by atoms with Crippen LogP contribution >= 0.6 is 11.6 Å². The molecule has 2 aromatic rings. The summed E-state index contributed by atoms with van der Waals surface area (Å²) in [7, 11) is 0. The van der Waals surface area contributed by atoms with Gasteiger partial charge in [0.25, 0.3) is 0 Å². The normalized spacial score (nSPS) is 12.4. The van der Waals surface area contributed by atoms with E-state index < -0.39 is 0 Å². The van der Waals surface area contributed by atoms with Gasteiger partial charge in [-0.2, -0.15) is 0 Å². The van der Waals surface area contributed by atoms with Crippen LogP contribution in [0.4, 0.5) is 5.69 Å². The van der Waals surface area contributed by atoms with Crippen molar-refractivity contribution in [3.63, 3.8) is 0 Å². The molecule has 0 fully saturated rings. The number of nitrogens with zero attached hydrogens (tertiary/aromatic N) is 3. The minimum atomic E-state index is -0.361. The van der Waals surface area contributed by atoms with Gasteiger partial charge in [-0.15, -0.1) is 0 Å². The van der Waals surface area contributed by atoms with Crippen LogP contribution in [0.5, 0.6) is 0 Å². The van der Waals surface area contributed by atoms with Crippen LogP contribution in [-0.4, -0.2) is 11.6 Å². The van der Waals surface area contributed by atoms with Gasteiger partial charge in [-0.25, -0.2) is 0 Å². The quantitative estimate of drug-likeness (QED) is 0.383. The average Bonchev–Trinajstić information content (AvgIpc) is 2.47. The number of azide groups is 1. The molecule has 0 aromatic heterocycles. The van der Waals surface area contributed by atoms with Gasteiger partial charge in [0.2, 0.25) is 0 Å². The van der Waals surface area contributed by atoms with Crippen molar-refractivity contribution < 1.29 is 9.59 Å². The maximum Gasteiger partial charge on any atom is 0.196 e. The van der Waals surface area contributed by atoms with Crippen molar-refractivity contribution in [2.45, 2.75) is 0 Å². The first kappa shape index (κ1) is 12.4. The van der Waals surface area contributed by atoms with E-state index in [2.05, 4.69) is 10.0 Å². The molecule has 0 amide bonds. The van der Waals surface area contributed by atoms with Gasteiger partial charge in [-0.1, -0.05) is 47.0 Å². The number of fused-ring (bicyclic) bond motifs is 2. The van der Waals surface area contributed by atoms with E-state index in [1.807, 2.05) is 0 Å². The van der Waals surface area contributed by atoms with E-state index in [1.165, 1.54) is 12.1 Å². The van der Waals surface area contributed by atoms with Crippen molar-refractivity contribution in [1.29, 1.82) is 0 Å². The number of carbonyl (C=O) groups excluding carboxylic acids is 2. The highest BCUT2D eigenvalue weighted by molar-refractivity contribution is 6.39. The van der Waals surface area contributed by atoms with Crippen LogP contribution in [0.15, 0.2) is 41.5 Å². The Labute approximate surface area is 118 Å². The highest BCUT2D eigenvalue weighted by Gasteiger charge is 2.32. The number of hydrogen-bond acceptors (Lipinski definition) is 3. The van der Waals surface area contributed by atoms with Gasteiger partial charge in [0, 0.05) is 27.3 Å². The van der Waals surface area contributed by atoms with Crippen LogP contribution in [0.1, 0.15) is 31.8 Å². The lowest BCUT2D eigenvalue weighted by molar-refractivity contribution is 0.0979. The zero-order valence-electron chi connectivity index (χ0n) is 10.0. The largest absolute Gasteiger partial charge is 0.289 e. The van der Waals surface area contributed by atoms with Crippen LogP contribution in [-0.2, 0) is 0 Å². The van der Waals surface area contributed by atoms with E-state index in [1.54, 1.807) is 24.3 Å². The molecule has 0 spiro atoms. The Hall–Kier alpha value is -2.62. The van der Waals surface area contributed by atoms with E-state index >= 15 is 0 Å². The third kappa shape index (κ3) is 1.61. The molecule has 0 aliphatic heterocycles. The highest BCUT2D eigenvalue weighted by Crippen LogP contribution is 2.37. The summed E-state index contributed by atoms with van der Waals surface area (Å²) in [6.07, 6.45) is 0. The predicted octanol–water partition coefficient (Wildman–Crippen LogP) is 4.06. The first-order valence-electron chi connectivity index (χ1n) is 5.71. The van der Waals surface area contributed by atoms with Gasteiger partial charge in [-0.05, 0) is 11.6 Å². The topological polar surface area (TPSA) is 82.9 Å². The van der Waals surface area contributed by atoms with Crippen LogP contribution in [0, 0.1) is 0 Å². The SMILES string of the molecule is [N-]=[N+]=Nc1ccc(Cl)c2c1C(=O)c1ccccc1C2=O. The molecule has 20 heavy (non-hydrogen) atoms. The number of rotatable bonds is 1. The van der Waals surface area contributed by atoms with Crippen molar-refractivity contribution in [1.82, 2.24) is 0 Å². The predicted molar refractivity (Wildman–Crippen MR) is 73.6 cm³/mol. The summed E-state index contributed by atoms with van der Waals surface area (Å²) in [5, 5.41) is 3.64. The molecular formula is C14H6ClN3O2. The van der Waals surface area contributed by atoms with Gasteiger partial charge >= 0.3 is 0 Å². The van der Waals surface area contributed by atoms with Crippen LogP contribution in [0.3, 0.4) is 0 Å². The maximum atomic E-state index is 12.5. The average molecular weight is 284 g/mol. The molecule has 0 saturated carbocycles. The fourth-order valence-electron chi connectivity index (χ4n) is 2.30. The minimum Gasteiger partial charge on any atom is -0.289 e. The molecule has 0 atom stereocenters. The lowest BCUT2D eigenvalue weighted by Crippen LogP contribution is -2.21. The van der Waals surface area contributed by atoms with E-state index in [0.717, 1.165) is 0 Å². The lowest BCUT2D eigenvalue weighted by atomic mass is 9.83. The molecule has 96 valence electrons. The van der Waals surface area contributed by atoms with Crippen molar-refractivity contribution >= 4 is 28.9 Å². The molecule has 3 rings (SSSR count). The molecular weight excluding hydrogens is 278 g/mol. The second-order valence-electron chi connectivity index (χ2n) is 4.21. The molecule has 1 aliphatic carbocycles. The van der Waals surface area contributed by atoms with Gasteiger partial charge < -0.3 is 0 Å². The van der Waals surface area contributed by atoms with Crippen LogP contribution < -0.4 is 0 Å². The van der Waals surface area contributed by atoms with E-state index in [0.29, 0.717) is 11.1 Å². The Bertz CT molecular complexity index is 823. The summed E-state index contributed by atoms with van der Waals surface area (Å²) in [6, 6.07) is 9.38. The van der Waals surface area contributed by atoms with Crippen molar-refractivity contribution in [2.75, 3.05) is 0 Å². The van der Waals surface area contributed by atoms with E-state index in [-0.39, 0.29) is 33.4 Å². The molecule has 0 saturated heterocycles. The van der Waals surface area contributed by atoms with Crippen molar-refractivity contribution in [3.8, 4) is 0 Å². The molecule has 1 aliphatic rings. The van der Waals surface area contributed by atoms with Gasteiger partial charge in [-0.3, -0.25) is 9.59 Å². The molecule has 6 heteroatoms. The Morgan fingerprint density at radius 2 is 1.55 bits per heavy atom. The second-order valence-corrected chi connectivity index (χ2v) is 4.62. The highest BCUT2D eigenvalue weighted by atomic mass is 35.5. The molecule has 0 unspecified atom stereocenters. The summed E-state index contributed by atoms with van der Waals surface area (Å²) in [4.78, 5) is 27.6. The van der Waals surface area contributed by atoms with Gasteiger partial charge in [0.05, 0.1) is 10.6 Å². The van der Waals surface area contributed by atoms with E-state index in [4.69, 9.17) is 17.1 Å². The number of ketones is 2. The number of benzene rings is 2. The summed E-state index contributed by atoms with van der Waals surface area (Å²) < 4.78 is 0. The summed E-state index contributed by atoms with van der Waals surface area (Å²) in [5.41, 5.74) is 9.45. The Morgan fingerprint density at radius 3 is 2.15 bits per heavy atom. The third-order valence-electron chi connectivity index (χ3n) is 3.16. The molecule has 0 radical (unpaired) electrons. The first-order chi connectivity index (χ1) is 9.65. The van der Waals surface area contributed by atoms with Crippen LogP contribution in [0.2, 0.25) is 5.02 Å². The Morgan fingerprint density at radius 1 is 0.950 bits per heavy atom.